The van der Waals surface area contributed by atoms with Crippen molar-refractivity contribution in [2.24, 2.45) is 0 Å². The molecule has 0 fully saturated rings. The third-order valence-electron chi connectivity index (χ3n) is 3.07. The number of rotatable bonds is 6. The van der Waals surface area contributed by atoms with Gasteiger partial charge in [0, 0.05) is 6.54 Å². The van der Waals surface area contributed by atoms with Gasteiger partial charge < -0.3 is 4.42 Å². The molecule has 0 unspecified atom stereocenters. The number of nitrogens with zero attached hydrogens (tertiary/aromatic N) is 1. The number of hydrogen-bond acceptors (Lipinski definition) is 4. The largest absolute Gasteiger partial charge is 0.468 e. The lowest BCUT2D eigenvalue weighted by Gasteiger charge is -2.22. The highest BCUT2D eigenvalue weighted by Gasteiger charge is 2.21. The molecule has 0 aliphatic heterocycles. The lowest BCUT2D eigenvalue weighted by Crippen LogP contribution is -2.34. The SMILES string of the molecule is CN(C)[C@H](CNS(=O)(=O)c1cccc(F)c1)c1ccco1. The molecule has 2 rings (SSSR count). The van der Waals surface area contributed by atoms with Gasteiger partial charge in [-0.1, -0.05) is 6.07 Å². The number of halogens is 1. The fourth-order valence-electron chi connectivity index (χ4n) is 1.92. The van der Waals surface area contributed by atoms with E-state index in [-0.39, 0.29) is 17.5 Å². The molecule has 0 aliphatic carbocycles. The van der Waals surface area contributed by atoms with E-state index >= 15 is 0 Å². The monoisotopic (exact) mass is 312 g/mol. The van der Waals surface area contributed by atoms with Crippen LogP contribution in [0.5, 0.6) is 0 Å². The van der Waals surface area contributed by atoms with Crippen molar-refractivity contribution < 1.29 is 17.2 Å². The van der Waals surface area contributed by atoms with E-state index in [1.807, 2.05) is 19.0 Å². The molecular weight excluding hydrogens is 295 g/mol. The van der Waals surface area contributed by atoms with E-state index in [0.717, 1.165) is 6.07 Å². The molecule has 1 N–H and O–H groups in total. The van der Waals surface area contributed by atoms with Crippen LogP contribution >= 0.6 is 0 Å². The average molecular weight is 312 g/mol. The van der Waals surface area contributed by atoms with Gasteiger partial charge in [0.25, 0.3) is 0 Å². The zero-order valence-electron chi connectivity index (χ0n) is 11.8. The van der Waals surface area contributed by atoms with Crippen LogP contribution in [0.25, 0.3) is 0 Å². The zero-order valence-corrected chi connectivity index (χ0v) is 12.6. The quantitative estimate of drug-likeness (QED) is 0.886. The van der Waals surface area contributed by atoms with Gasteiger partial charge in [0.05, 0.1) is 17.2 Å². The molecule has 1 aromatic heterocycles. The van der Waals surface area contributed by atoms with E-state index in [2.05, 4.69) is 4.72 Å². The molecule has 0 spiro atoms. The van der Waals surface area contributed by atoms with Gasteiger partial charge in [-0.25, -0.2) is 17.5 Å². The molecule has 7 heteroatoms. The van der Waals surface area contributed by atoms with Gasteiger partial charge in [-0.15, -0.1) is 0 Å². The second-order valence-corrected chi connectivity index (χ2v) is 6.57. The second-order valence-electron chi connectivity index (χ2n) is 4.80. The fraction of sp³-hybridized carbons (Fsp3) is 0.286. The summed E-state index contributed by atoms with van der Waals surface area (Å²) < 4.78 is 45.2. The normalized spacial score (nSPS) is 13.5. The van der Waals surface area contributed by atoms with Gasteiger partial charge in [-0.2, -0.15) is 0 Å². The predicted octanol–water partition coefficient (Wildman–Crippen LogP) is 2.00. The van der Waals surface area contributed by atoms with Crippen molar-refractivity contribution in [2.45, 2.75) is 10.9 Å². The number of furan rings is 1. The first-order chi connectivity index (χ1) is 9.90. The standard InChI is InChI=1S/C14H17FN2O3S/c1-17(2)13(14-7-4-8-20-14)10-16-21(18,19)12-6-3-5-11(15)9-12/h3-9,13,16H,10H2,1-2H3/t13-/m1/s1. The zero-order chi connectivity index (χ0) is 15.5. The number of hydrogen-bond donors (Lipinski definition) is 1. The minimum atomic E-state index is -3.76. The fourth-order valence-corrected chi connectivity index (χ4v) is 2.99. The molecule has 0 radical (unpaired) electrons. The summed E-state index contributed by atoms with van der Waals surface area (Å²) in [6.07, 6.45) is 1.53. The van der Waals surface area contributed by atoms with Crippen LogP contribution in [-0.4, -0.2) is 34.0 Å². The summed E-state index contributed by atoms with van der Waals surface area (Å²) in [5.74, 6) is 0.0648. The highest BCUT2D eigenvalue weighted by molar-refractivity contribution is 7.89. The van der Waals surface area contributed by atoms with Gasteiger partial charge in [0.1, 0.15) is 11.6 Å². The summed E-state index contributed by atoms with van der Waals surface area (Å²) in [6.45, 7) is 0.124. The van der Waals surface area contributed by atoms with Crippen LogP contribution in [0.1, 0.15) is 11.8 Å². The lowest BCUT2D eigenvalue weighted by molar-refractivity contribution is 0.259. The van der Waals surface area contributed by atoms with Gasteiger partial charge in [0.2, 0.25) is 10.0 Å². The Morgan fingerprint density at radius 2 is 2.05 bits per heavy atom. The van der Waals surface area contributed by atoms with E-state index in [1.54, 1.807) is 12.1 Å². The van der Waals surface area contributed by atoms with Gasteiger partial charge >= 0.3 is 0 Å². The molecule has 21 heavy (non-hydrogen) atoms. The Hall–Kier alpha value is -1.70. The predicted molar refractivity (Wildman–Crippen MR) is 76.7 cm³/mol. The Kier molecular flexibility index (Phi) is 4.76. The Balaban J connectivity index is 2.13. The Bertz CT molecular complexity index is 684. The summed E-state index contributed by atoms with van der Waals surface area (Å²) in [5, 5.41) is 0. The van der Waals surface area contributed by atoms with Crippen LogP contribution in [0, 0.1) is 5.82 Å². The summed E-state index contributed by atoms with van der Waals surface area (Å²) in [6, 6.07) is 8.17. The maximum Gasteiger partial charge on any atom is 0.240 e. The molecular formula is C14H17FN2O3S. The molecule has 0 bridgehead atoms. The highest BCUT2D eigenvalue weighted by Crippen LogP contribution is 2.19. The van der Waals surface area contributed by atoms with Crippen molar-refractivity contribution in [1.29, 1.82) is 0 Å². The van der Waals surface area contributed by atoms with Crippen molar-refractivity contribution in [2.75, 3.05) is 20.6 Å². The van der Waals surface area contributed by atoms with Gasteiger partial charge in [-0.05, 0) is 44.4 Å². The molecule has 1 aromatic carbocycles. The third kappa shape index (κ3) is 3.90. The van der Waals surface area contributed by atoms with E-state index in [9.17, 15) is 12.8 Å². The van der Waals surface area contributed by atoms with Crippen LogP contribution in [0.2, 0.25) is 0 Å². The molecule has 0 saturated heterocycles. The van der Waals surface area contributed by atoms with Crippen LogP contribution in [0.15, 0.2) is 52.0 Å². The van der Waals surface area contributed by atoms with E-state index in [1.165, 1.54) is 24.5 Å². The number of sulfonamides is 1. The van der Waals surface area contributed by atoms with Crippen molar-refractivity contribution in [3.63, 3.8) is 0 Å². The molecule has 114 valence electrons. The first-order valence-corrected chi connectivity index (χ1v) is 7.83. The molecule has 0 saturated carbocycles. The Labute approximate surface area is 123 Å². The Morgan fingerprint density at radius 1 is 1.29 bits per heavy atom. The van der Waals surface area contributed by atoms with Crippen LogP contribution in [-0.2, 0) is 10.0 Å². The second kappa shape index (κ2) is 6.38. The van der Waals surface area contributed by atoms with E-state index < -0.39 is 15.8 Å². The summed E-state index contributed by atoms with van der Waals surface area (Å²) in [4.78, 5) is 1.74. The maximum absolute atomic E-state index is 13.1. The summed E-state index contributed by atoms with van der Waals surface area (Å²) in [7, 11) is -0.115. The minimum absolute atomic E-state index is 0.0977. The number of nitrogens with one attached hydrogen (secondary N) is 1. The van der Waals surface area contributed by atoms with E-state index in [0.29, 0.717) is 5.76 Å². The van der Waals surface area contributed by atoms with Crippen molar-refractivity contribution in [3.05, 3.63) is 54.2 Å². The van der Waals surface area contributed by atoms with Crippen LogP contribution < -0.4 is 4.72 Å². The topological polar surface area (TPSA) is 62.6 Å². The Morgan fingerprint density at radius 3 is 2.62 bits per heavy atom. The van der Waals surface area contributed by atoms with Gasteiger partial charge in [0.15, 0.2) is 0 Å². The average Bonchev–Trinajstić information content (AvgIpc) is 2.92. The molecule has 0 aliphatic rings. The molecule has 1 heterocycles. The van der Waals surface area contributed by atoms with Crippen LogP contribution in [0.3, 0.4) is 0 Å². The first-order valence-electron chi connectivity index (χ1n) is 6.35. The minimum Gasteiger partial charge on any atom is -0.468 e. The number of likely N-dealkylation sites (N-methyl/N-ethyl adjacent to an activating group) is 1. The third-order valence-corrected chi connectivity index (χ3v) is 4.49. The smallest absolute Gasteiger partial charge is 0.240 e. The molecule has 0 amide bonds. The lowest BCUT2D eigenvalue weighted by atomic mass is 10.2. The van der Waals surface area contributed by atoms with Crippen molar-refractivity contribution in [3.8, 4) is 0 Å². The van der Waals surface area contributed by atoms with Crippen LogP contribution in [0.4, 0.5) is 4.39 Å². The maximum atomic E-state index is 13.1. The van der Waals surface area contributed by atoms with Crippen molar-refractivity contribution >= 4 is 10.0 Å². The highest BCUT2D eigenvalue weighted by atomic mass is 32.2. The molecule has 1 atom stereocenters. The van der Waals surface area contributed by atoms with Gasteiger partial charge in [-0.3, -0.25) is 4.90 Å². The first kappa shape index (κ1) is 15.7. The summed E-state index contributed by atoms with van der Waals surface area (Å²) >= 11 is 0. The molecule has 5 nitrogen and oxygen atoms in total. The summed E-state index contributed by atoms with van der Waals surface area (Å²) in [5.41, 5.74) is 0. The van der Waals surface area contributed by atoms with Crippen molar-refractivity contribution in [1.82, 2.24) is 9.62 Å². The van der Waals surface area contributed by atoms with E-state index in [4.69, 9.17) is 4.42 Å². The number of benzene rings is 1. The molecule has 2 aromatic rings.